The third-order valence-electron chi connectivity index (χ3n) is 16.7. The average molecular weight is 849 g/mol. The monoisotopic (exact) mass is 848 g/mol. The highest BCUT2D eigenvalue weighted by molar-refractivity contribution is 6.47. The first-order valence-electron chi connectivity index (χ1n) is 22.8. The van der Waals surface area contributed by atoms with E-state index in [9.17, 15) is 28.8 Å². The van der Waals surface area contributed by atoms with Crippen molar-refractivity contribution in [3.8, 4) is 0 Å². The Labute approximate surface area is 375 Å². The van der Waals surface area contributed by atoms with Gasteiger partial charge in [0, 0.05) is 11.8 Å². The molecular formula is C60H32O6. The highest BCUT2D eigenvalue weighted by Gasteiger charge is 2.53. The molecule has 1 fully saturated rings. The molecule has 6 bridgehead atoms. The summed E-state index contributed by atoms with van der Waals surface area (Å²) in [6.07, 6.45) is 8.85. The van der Waals surface area contributed by atoms with Crippen molar-refractivity contribution in [3.63, 3.8) is 0 Å². The Hall–Kier alpha value is -7.96. The van der Waals surface area contributed by atoms with Crippen LogP contribution in [0.15, 0.2) is 145 Å². The van der Waals surface area contributed by atoms with Gasteiger partial charge >= 0.3 is 0 Å². The molecule has 0 spiro atoms. The SMILES string of the molecule is O=C1C(=O)C2C3=CC4C=c5cc6c(cc5=CC4C=C3C1c1cc3ccccc3cc12)C1C(=O)C(=O)C6c2cc3cc4cc5c(cc4cc3cc21)C1C(=O)C(=O)C5c2cc3ccccc3cc21. The molecule has 8 aromatic rings. The van der Waals surface area contributed by atoms with Crippen molar-refractivity contribution in [2.75, 3.05) is 0 Å². The van der Waals surface area contributed by atoms with Gasteiger partial charge in [-0.05, 0) is 181 Å². The Morgan fingerprint density at radius 2 is 0.485 bits per heavy atom. The number of carbonyl (C=O) groups is 6. The van der Waals surface area contributed by atoms with Crippen LogP contribution in [0.25, 0.3) is 55.2 Å². The number of benzene rings is 8. The maximum Gasteiger partial charge on any atom is 0.211 e. The van der Waals surface area contributed by atoms with E-state index in [2.05, 4.69) is 97.1 Å². The van der Waals surface area contributed by atoms with E-state index in [1.807, 2.05) is 48.5 Å². The summed E-state index contributed by atoms with van der Waals surface area (Å²) in [4.78, 5) is 83.0. The Morgan fingerprint density at radius 1 is 0.242 bits per heavy atom. The second-order valence-corrected chi connectivity index (χ2v) is 19.8. The highest BCUT2D eigenvalue weighted by atomic mass is 16.2. The van der Waals surface area contributed by atoms with Crippen LogP contribution in [0.3, 0.4) is 0 Å². The highest BCUT2D eigenvalue weighted by Crippen LogP contribution is 2.57. The zero-order valence-corrected chi connectivity index (χ0v) is 34.9. The lowest BCUT2D eigenvalue weighted by Gasteiger charge is -2.43. The molecule has 8 aromatic carbocycles. The topological polar surface area (TPSA) is 102 Å². The van der Waals surface area contributed by atoms with E-state index in [1.54, 1.807) is 0 Å². The third-order valence-corrected chi connectivity index (χ3v) is 16.7. The zero-order valence-electron chi connectivity index (χ0n) is 34.9. The fourth-order valence-corrected chi connectivity index (χ4v) is 13.8. The van der Waals surface area contributed by atoms with Crippen molar-refractivity contribution in [3.05, 3.63) is 211 Å². The van der Waals surface area contributed by atoms with Gasteiger partial charge in [-0.2, -0.15) is 0 Å². The molecule has 0 radical (unpaired) electrons. The van der Waals surface area contributed by atoms with E-state index in [-0.39, 0.29) is 35.0 Å². The summed E-state index contributed by atoms with van der Waals surface area (Å²) in [6, 6.07) is 41.2. The molecule has 6 heteroatoms. The van der Waals surface area contributed by atoms with E-state index < -0.39 is 47.1 Å². The van der Waals surface area contributed by atoms with Crippen molar-refractivity contribution in [1.82, 2.24) is 0 Å². The lowest BCUT2D eigenvalue weighted by molar-refractivity contribution is -0.138. The molecule has 11 aliphatic carbocycles. The van der Waals surface area contributed by atoms with Crippen LogP contribution in [0.2, 0.25) is 0 Å². The quantitative estimate of drug-likeness (QED) is 0.112. The summed E-state index contributed by atoms with van der Waals surface area (Å²) >= 11 is 0. The molecule has 0 aromatic heterocycles. The van der Waals surface area contributed by atoms with Crippen molar-refractivity contribution in [1.29, 1.82) is 0 Å². The predicted molar refractivity (Wildman–Crippen MR) is 250 cm³/mol. The normalized spacial score (nSPS) is 26.5. The average Bonchev–Trinajstić information content (AvgIpc) is 3.32. The van der Waals surface area contributed by atoms with Gasteiger partial charge in [0.2, 0.25) is 34.7 Å². The van der Waals surface area contributed by atoms with Crippen LogP contribution in [-0.4, -0.2) is 34.7 Å². The summed E-state index contributed by atoms with van der Waals surface area (Å²) in [7, 11) is 0. The van der Waals surface area contributed by atoms with Gasteiger partial charge in [0.1, 0.15) is 0 Å². The predicted octanol–water partition coefficient (Wildman–Crippen LogP) is 8.46. The van der Waals surface area contributed by atoms with Crippen LogP contribution >= 0.6 is 0 Å². The second-order valence-electron chi connectivity index (χ2n) is 19.8. The molecule has 0 amide bonds. The van der Waals surface area contributed by atoms with E-state index in [4.69, 9.17) is 0 Å². The molecule has 0 heterocycles. The van der Waals surface area contributed by atoms with Gasteiger partial charge in [-0.15, -0.1) is 0 Å². The Bertz CT molecular complexity index is 3860. The number of hydrogen-bond donors (Lipinski definition) is 0. The summed E-state index contributed by atoms with van der Waals surface area (Å²) < 4.78 is 0. The lowest BCUT2D eigenvalue weighted by Crippen LogP contribution is -2.45. The number of rotatable bonds is 0. The molecule has 1 saturated carbocycles. The standard InChI is InChI=1S/C60H32O6/c61-55-49-37-13-25-5-1-2-6-26(25)14-38(37)50(56(55)62)42-18-30-10-34-22-46-45(21-33(34)9-29(30)17-41(42)49)53-47-23-35-11-31-19-43-44(20-32(31)12-36(35)24-48(47)54(46)60(66)59(53)65)52-40-16-28-8-4-3-7-27(28)15-39(40)51(43)57(63)58(52)64/h1-24,29-30,49-54H. The fourth-order valence-electron chi connectivity index (χ4n) is 13.8. The van der Waals surface area contributed by atoms with Gasteiger partial charge in [-0.3, -0.25) is 28.8 Å². The summed E-state index contributed by atoms with van der Waals surface area (Å²) in [5, 5.41) is 9.92. The Kier molecular flexibility index (Phi) is 6.24. The largest absolute Gasteiger partial charge is 0.290 e. The first-order chi connectivity index (χ1) is 32.2. The van der Waals surface area contributed by atoms with Gasteiger partial charge in [-0.1, -0.05) is 85.0 Å². The minimum absolute atomic E-state index is 0.0507. The van der Waals surface area contributed by atoms with Gasteiger partial charge in [-0.25, -0.2) is 0 Å². The molecular weight excluding hydrogens is 817 g/mol. The van der Waals surface area contributed by atoms with Gasteiger partial charge < -0.3 is 0 Å². The molecule has 0 saturated heterocycles. The van der Waals surface area contributed by atoms with Gasteiger partial charge in [0.05, 0.1) is 35.5 Å². The van der Waals surface area contributed by atoms with Crippen molar-refractivity contribution < 1.29 is 28.8 Å². The molecule has 8 atom stereocenters. The van der Waals surface area contributed by atoms with Crippen molar-refractivity contribution in [2.24, 2.45) is 11.8 Å². The van der Waals surface area contributed by atoms with E-state index in [0.717, 1.165) is 120 Å². The lowest BCUT2D eigenvalue weighted by atomic mass is 9.57. The number of fused-ring (bicyclic) bond motifs is 9. The summed E-state index contributed by atoms with van der Waals surface area (Å²) in [5.41, 5.74) is 10.7. The van der Waals surface area contributed by atoms with E-state index >= 15 is 0 Å². The molecule has 308 valence electrons. The molecule has 0 N–H and O–H groups in total. The van der Waals surface area contributed by atoms with Crippen molar-refractivity contribution in [2.45, 2.75) is 35.5 Å². The minimum atomic E-state index is -0.738. The number of hydrogen-bond acceptors (Lipinski definition) is 6. The van der Waals surface area contributed by atoms with Gasteiger partial charge in [0.15, 0.2) is 0 Å². The maximum atomic E-state index is 14.1. The Morgan fingerprint density at radius 3 is 0.788 bits per heavy atom. The van der Waals surface area contributed by atoms with Crippen molar-refractivity contribution >= 4 is 89.9 Å². The Balaban J connectivity index is 0.821. The molecule has 19 rings (SSSR count). The summed E-state index contributed by atoms with van der Waals surface area (Å²) in [5.74, 6) is -6.31. The molecule has 0 aliphatic heterocycles. The first-order valence-corrected chi connectivity index (χ1v) is 22.8. The number of carbonyl (C=O) groups excluding carboxylic acids is 6. The van der Waals surface area contributed by atoms with Crippen LogP contribution < -0.4 is 10.4 Å². The van der Waals surface area contributed by atoms with Crippen LogP contribution in [0.5, 0.6) is 0 Å². The maximum absolute atomic E-state index is 14.1. The van der Waals surface area contributed by atoms with Crippen LogP contribution in [0, 0.1) is 11.8 Å². The zero-order chi connectivity index (χ0) is 43.8. The minimum Gasteiger partial charge on any atom is -0.290 e. The number of ketones is 6. The van der Waals surface area contributed by atoms with Crippen LogP contribution in [0.1, 0.15) is 91.1 Å². The second kappa shape index (κ2) is 11.6. The smallest absolute Gasteiger partial charge is 0.211 e. The number of allylic oxidation sites excluding steroid dienone is 4. The third kappa shape index (κ3) is 4.16. The van der Waals surface area contributed by atoms with Gasteiger partial charge in [0.25, 0.3) is 0 Å². The number of Topliss-reactive ketones (excluding diaryl/α,β-unsaturated/α-hetero) is 6. The molecule has 6 nitrogen and oxygen atoms in total. The van der Waals surface area contributed by atoms with E-state index in [1.165, 1.54) is 0 Å². The van der Waals surface area contributed by atoms with Crippen LogP contribution in [0.4, 0.5) is 0 Å². The molecule has 66 heavy (non-hydrogen) atoms. The first kappa shape index (κ1) is 35.4. The van der Waals surface area contributed by atoms with E-state index in [0.29, 0.717) is 0 Å². The summed E-state index contributed by atoms with van der Waals surface area (Å²) in [6.45, 7) is 0. The van der Waals surface area contributed by atoms with Crippen LogP contribution in [-0.2, 0) is 28.8 Å². The molecule has 11 aliphatic rings. The molecule has 8 unspecified atom stereocenters. The fraction of sp³-hybridized carbons (Fsp3) is 0.133.